The summed E-state index contributed by atoms with van der Waals surface area (Å²) in [4.78, 5) is 12.1. The van der Waals surface area contributed by atoms with Crippen LogP contribution < -0.4 is 0 Å². The van der Waals surface area contributed by atoms with E-state index in [1.165, 1.54) is 0 Å². The molecule has 0 aliphatic heterocycles. The molecule has 0 amide bonds. The van der Waals surface area contributed by atoms with Crippen molar-refractivity contribution in [2.75, 3.05) is 7.11 Å². The van der Waals surface area contributed by atoms with Gasteiger partial charge in [0.1, 0.15) is 11.3 Å². The molecule has 26 heavy (non-hydrogen) atoms. The molecule has 0 saturated heterocycles. The number of esters is 1. The van der Waals surface area contributed by atoms with Gasteiger partial charge in [-0.3, -0.25) is 0 Å². The maximum atomic E-state index is 13.9. The number of carbonyl (C=O) groups is 1. The van der Waals surface area contributed by atoms with Gasteiger partial charge in [-0.05, 0) is 47.2 Å². The van der Waals surface area contributed by atoms with Gasteiger partial charge in [-0.25, -0.2) is 4.79 Å². The van der Waals surface area contributed by atoms with Crippen molar-refractivity contribution in [3.8, 4) is 16.9 Å². The number of rotatable bonds is 3. The number of aromatic hydroxyl groups is 1. The minimum Gasteiger partial charge on any atom is -0.507 e. The fourth-order valence-corrected chi connectivity index (χ4v) is 4.01. The van der Waals surface area contributed by atoms with Crippen molar-refractivity contribution < 1.29 is 27.8 Å². The van der Waals surface area contributed by atoms with E-state index in [1.807, 2.05) is 6.92 Å². The van der Waals surface area contributed by atoms with Gasteiger partial charge in [-0.1, -0.05) is 35.3 Å². The van der Waals surface area contributed by atoms with Crippen LogP contribution in [-0.2, 0) is 23.8 Å². The Hall–Kier alpha value is -2.02. The molecule has 1 aliphatic rings. The molecule has 0 spiro atoms. The van der Waals surface area contributed by atoms with Crippen LogP contribution in [0.5, 0.6) is 5.75 Å². The first kappa shape index (κ1) is 18.8. The smallest absolute Gasteiger partial charge is 0.417 e. The number of benzene rings is 2. The zero-order valence-electron chi connectivity index (χ0n) is 14.1. The van der Waals surface area contributed by atoms with Crippen LogP contribution in [0, 0.1) is 0 Å². The molecule has 2 aromatic carbocycles. The molecule has 7 heteroatoms. The number of carbonyl (C=O) groups excluding carboxylic acids is 1. The number of methoxy groups -OCH3 is 1. The quantitative estimate of drug-likeness (QED) is 0.561. The molecule has 0 fully saturated rings. The molecule has 0 radical (unpaired) electrons. The van der Waals surface area contributed by atoms with Gasteiger partial charge in [0.2, 0.25) is 0 Å². The molecule has 3 nitrogen and oxygen atoms in total. The standard InChI is InChI=1S/C19H16BrF3O3/c1-3-4-12-14-11-6-5-10(20)7-9(11)8-13(14)16(19(21,22)23)15(17(12)24)18(25)26-2/h5-7,24H,3-4,8H2,1-2H3. The monoisotopic (exact) mass is 428 g/mol. The number of fused-ring (bicyclic) bond motifs is 3. The third-order valence-electron chi connectivity index (χ3n) is 4.55. The zero-order chi connectivity index (χ0) is 19.2. The van der Waals surface area contributed by atoms with Gasteiger partial charge >= 0.3 is 12.1 Å². The molecular formula is C19H16BrF3O3. The molecule has 0 saturated carbocycles. The second-order valence-corrected chi connectivity index (χ2v) is 7.06. The molecule has 0 unspecified atom stereocenters. The highest BCUT2D eigenvalue weighted by Crippen LogP contribution is 2.51. The Kier molecular flexibility index (Phi) is 4.77. The third-order valence-corrected chi connectivity index (χ3v) is 5.05. The zero-order valence-corrected chi connectivity index (χ0v) is 15.7. The van der Waals surface area contributed by atoms with Crippen molar-refractivity contribution in [2.24, 2.45) is 0 Å². The largest absolute Gasteiger partial charge is 0.507 e. The van der Waals surface area contributed by atoms with E-state index in [-0.39, 0.29) is 12.0 Å². The van der Waals surface area contributed by atoms with Gasteiger partial charge < -0.3 is 9.84 Å². The fourth-order valence-electron chi connectivity index (χ4n) is 3.60. The summed E-state index contributed by atoms with van der Waals surface area (Å²) in [5.74, 6) is -1.83. The normalized spacial score (nSPS) is 12.7. The van der Waals surface area contributed by atoms with Crippen LogP contribution in [0.4, 0.5) is 13.2 Å². The van der Waals surface area contributed by atoms with Crippen molar-refractivity contribution >= 4 is 21.9 Å². The lowest BCUT2D eigenvalue weighted by Crippen LogP contribution is -2.18. The number of phenols is 1. The first-order valence-corrected chi connectivity index (χ1v) is 8.84. The number of phenolic OH excluding ortho intramolecular Hbond substituents is 1. The number of hydrogen-bond donors (Lipinski definition) is 1. The van der Waals surface area contributed by atoms with E-state index in [2.05, 4.69) is 20.7 Å². The predicted molar refractivity (Wildman–Crippen MR) is 94.4 cm³/mol. The Labute approximate surface area is 156 Å². The van der Waals surface area contributed by atoms with Crippen LogP contribution in [-0.4, -0.2) is 18.2 Å². The molecule has 1 N–H and O–H groups in total. The Morgan fingerprint density at radius 2 is 2.04 bits per heavy atom. The topological polar surface area (TPSA) is 46.5 Å². The maximum absolute atomic E-state index is 13.9. The first-order valence-electron chi connectivity index (χ1n) is 8.05. The van der Waals surface area contributed by atoms with Crippen molar-refractivity contribution in [3.05, 3.63) is 50.5 Å². The van der Waals surface area contributed by atoms with Crippen molar-refractivity contribution in [2.45, 2.75) is 32.4 Å². The molecule has 2 aromatic rings. The van der Waals surface area contributed by atoms with Crippen molar-refractivity contribution in [3.63, 3.8) is 0 Å². The van der Waals surface area contributed by atoms with E-state index in [0.717, 1.165) is 17.1 Å². The molecule has 0 heterocycles. The van der Waals surface area contributed by atoms with Gasteiger partial charge in [-0.2, -0.15) is 13.2 Å². The summed E-state index contributed by atoms with van der Waals surface area (Å²) in [5.41, 5.74) is 0.233. The van der Waals surface area contributed by atoms with Gasteiger partial charge in [0, 0.05) is 10.0 Å². The lowest BCUT2D eigenvalue weighted by atomic mass is 9.88. The summed E-state index contributed by atoms with van der Waals surface area (Å²) in [5, 5.41) is 10.6. The van der Waals surface area contributed by atoms with E-state index in [0.29, 0.717) is 29.5 Å². The minimum absolute atomic E-state index is 0.0206. The second-order valence-electron chi connectivity index (χ2n) is 6.15. The summed E-state index contributed by atoms with van der Waals surface area (Å²) in [6.07, 6.45) is -3.79. The van der Waals surface area contributed by atoms with Crippen LogP contribution >= 0.6 is 15.9 Å². The maximum Gasteiger partial charge on any atom is 0.417 e. The average molecular weight is 429 g/mol. The molecule has 138 valence electrons. The van der Waals surface area contributed by atoms with Gasteiger partial charge in [-0.15, -0.1) is 0 Å². The van der Waals surface area contributed by atoms with Crippen molar-refractivity contribution in [1.82, 2.24) is 0 Å². The molecule has 0 aromatic heterocycles. The first-order chi connectivity index (χ1) is 12.2. The summed E-state index contributed by atoms with van der Waals surface area (Å²) in [7, 11) is 1.00. The van der Waals surface area contributed by atoms with E-state index < -0.39 is 29.0 Å². The fraction of sp³-hybridized carbons (Fsp3) is 0.316. The van der Waals surface area contributed by atoms with Crippen LogP contribution in [0.15, 0.2) is 22.7 Å². The highest BCUT2D eigenvalue weighted by atomic mass is 79.9. The third kappa shape index (κ3) is 2.88. The molecule has 1 aliphatic carbocycles. The average Bonchev–Trinajstić information content (AvgIpc) is 2.92. The Balaban J connectivity index is 2.45. The Morgan fingerprint density at radius 3 is 2.62 bits per heavy atom. The molecular weight excluding hydrogens is 413 g/mol. The highest BCUT2D eigenvalue weighted by Gasteiger charge is 2.44. The van der Waals surface area contributed by atoms with E-state index in [1.54, 1.807) is 18.2 Å². The minimum atomic E-state index is -4.80. The summed E-state index contributed by atoms with van der Waals surface area (Å²) >= 11 is 3.33. The molecule has 3 rings (SSSR count). The van der Waals surface area contributed by atoms with E-state index in [9.17, 15) is 23.1 Å². The van der Waals surface area contributed by atoms with Gasteiger partial charge in [0.25, 0.3) is 0 Å². The van der Waals surface area contributed by atoms with Crippen molar-refractivity contribution in [1.29, 1.82) is 0 Å². The number of hydrogen-bond acceptors (Lipinski definition) is 3. The SMILES string of the molecule is CCCc1c(O)c(C(=O)OC)c(C(F)(F)F)c2c1-c1ccc(Br)cc1C2. The Morgan fingerprint density at radius 1 is 1.35 bits per heavy atom. The predicted octanol–water partition coefficient (Wildman–Crippen LogP) is 5.48. The van der Waals surface area contributed by atoms with Crippen LogP contribution in [0.3, 0.4) is 0 Å². The Bertz CT molecular complexity index is 904. The van der Waals surface area contributed by atoms with E-state index in [4.69, 9.17) is 0 Å². The van der Waals surface area contributed by atoms with Crippen LogP contribution in [0.2, 0.25) is 0 Å². The van der Waals surface area contributed by atoms with Gasteiger partial charge in [0.05, 0.1) is 12.7 Å². The molecule has 0 atom stereocenters. The summed E-state index contributed by atoms with van der Waals surface area (Å²) in [6.45, 7) is 1.86. The van der Waals surface area contributed by atoms with Gasteiger partial charge in [0.15, 0.2) is 0 Å². The second kappa shape index (κ2) is 6.61. The van der Waals surface area contributed by atoms with E-state index >= 15 is 0 Å². The number of alkyl halides is 3. The lowest BCUT2D eigenvalue weighted by Gasteiger charge is -2.21. The number of halogens is 4. The number of ether oxygens (including phenoxy) is 1. The lowest BCUT2D eigenvalue weighted by molar-refractivity contribution is -0.138. The van der Waals surface area contributed by atoms with Crippen LogP contribution in [0.1, 0.15) is 46.0 Å². The van der Waals surface area contributed by atoms with Crippen LogP contribution in [0.25, 0.3) is 11.1 Å². The summed E-state index contributed by atoms with van der Waals surface area (Å²) < 4.78 is 46.9. The summed E-state index contributed by atoms with van der Waals surface area (Å²) in [6, 6.07) is 5.25. The molecule has 0 bridgehead atoms. The highest BCUT2D eigenvalue weighted by molar-refractivity contribution is 9.10.